The van der Waals surface area contributed by atoms with Gasteiger partial charge in [0.25, 0.3) is 0 Å². The van der Waals surface area contributed by atoms with E-state index in [-0.39, 0.29) is 5.75 Å². The summed E-state index contributed by atoms with van der Waals surface area (Å²) in [6.45, 7) is 0. The number of benzene rings is 1. The lowest BCUT2D eigenvalue weighted by Crippen LogP contribution is -1.84. The first-order valence-corrected chi connectivity index (χ1v) is 4.68. The molecule has 1 aromatic carbocycles. The SMILES string of the molecule is Oc1cc2cccnc2c2cccnc12. The first kappa shape index (κ1) is 8.17. The fraction of sp³-hybridized carbons (Fsp3) is 0. The average Bonchev–Trinajstić information content (AvgIpc) is 2.30. The third-order valence-corrected chi connectivity index (χ3v) is 2.44. The van der Waals surface area contributed by atoms with Crippen molar-refractivity contribution in [2.75, 3.05) is 0 Å². The number of aromatic hydroxyl groups is 1. The maximum atomic E-state index is 9.78. The summed E-state index contributed by atoms with van der Waals surface area (Å²) in [4.78, 5) is 8.44. The van der Waals surface area contributed by atoms with Gasteiger partial charge in [-0.1, -0.05) is 6.07 Å². The van der Waals surface area contributed by atoms with Crippen LogP contribution in [-0.4, -0.2) is 15.1 Å². The fourth-order valence-corrected chi connectivity index (χ4v) is 1.78. The van der Waals surface area contributed by atoms with Crippen LogP contribution in [0.1, 0.15) is 0 Å². The molecule has 0 saturated carbocycles. The third kappa shape index (κ3) is 1.13. The molecule has 0 aliphatic rings. The molecule has 0 radical (unpaired) electrons. The summed E-state index contributed by atoms with van der Waals surface area (Å²) in [5, 5.41) is 11.6. The van der Waals surface area contributed by atoms with Crippen molar-refractivity contribution in [2.45, 2.75) is 0 Å². The second-order valence-corrected chi connectivity index (χ2v) is 3.37. The van der Waals surface area contributed by atoms with E-state index in [4.69, 9.17) is 0 Å². The fourth-order valence-electron chi connectivity index (χ4n) is 1.78. The molecule has 3 rings (SSSR count). The molecule has 72 valence electrons. The van der Waals surface area contributed by atoms with Crippen LogP contribution in [-0.2, 0) is 0 Å². The molecule has 0 unspecified atom stereocenters. The largest absolute Gasteiger partial charge is 0.506 e. The number of phenols is 1. The van der Waals surface area contributed by atoms with Crippen LogP contribution < -0.4 is 0 Å². The third-order valence-electron chi connectivity index (χ3n) is 2.44. The number of hydrogen-bond donors (Lipinski definition) is 1. The van der Waals surface area contributed by atoms with Gasteiger partial charge in [-0.25, -0.2) is 0 Å². The number of hydrogen-bond acceptors (Lipinski definition) is 3. The highest BCUT2D eigenvalue weighted by atomic mass is 16.3. The predicted octanol–water partition coefficient (Wildman–Crippen LogP) is 2.49. The smallest absolute Gasteiger partial charge is 0.142 e. The molecule has 2 aromatic heterocycles. The highest BCUT2D eigenvalue weighted by Crippen LogP contribution is 2.29. The van der Waals surface area contributed by atoms with Crippen LogP contribution in [0.15, 0.2) is 42.7 Å². The summed E-state index contributed by atoms with van der Waals surface area (Å²) in [6, 6.07) is 9.23. The monoisotopic (exact) mass is 196 g/mol. The second kappa shape index (κ2) is 2.92. The van der Waals surface area contributed by atoms with Gasteiger partial charge in [-0.3, -0.25) is 9.97 Å². The quantitative estimate of drug-likeness (QED) is 0.562. The molecule has 15 heavy (non-hydrogen) atoms. The lowest BCUT2D eigenvalue weighted by atomic mass is 10.1. The number of pyridine rings is 2. The molecule has 0 aliphatic heterocycles. The van der Waals surface area contributed by atoms with Gasteiger partial charge in [-0.15, -0.1) is 0 Å². The highest BCUT2D eigenvalue weighted by Gasteiger charge is 2.06. The van der Waals surface area contributed by atoms with E-state index in [1.165, 1.54) is 0 Å². The Hall–Kier alpha value is -2.16. The normalized spacial score (nSPS) is 10.9. The van der Waals surface area contributed by atoms with Gasteiger partial charge in [0.2, 0.25) is 0 Å². The minimum absolute atomic E-state index is 0.200. The number of aromatic nitrogens is 2. The maximum absolute atomic E-state index is 9.78. The Bertz CT molecular complexity index is 649. The van der Waals surface area contributed by atoms with Gasteiger partial charge in [0.15, 0.2) is 0 Å². The summed E-state index contributed by atoms with van der Waals surface area (Å²) in [5.41, 5.74) is 1.47. The van der Waals surface area contributed by atoms with Crippen molar-refractivity contribution in [1.82, 2.24) is 9.97 Å². The van der Waals surface area contributed by atoms with Crippen molar-refractivity contribution in [3.8, 4) is 5.75 Å². The maximum Gasteiger partial charge on any atom is 0.142 e. The van der Waals surface area contributed by atoms with Crippen LogP contribution in [0.25, 0.3) is 21.8 Å². The molecular weight excluding hydrogens is 188 g/mol. The van der Waals surface area contributed by atoms with Gasteiger partial charge in [-0.05, 0) is 24.3 Å². The molecule has 2 heterocycles. The lowest BCUT2D eigenvalue weighted by molar-refractivity contribution is 0.481. The summed E-state index contributed by atoms with van der Waals surface area (Å²) >= 11 is 0. The zero-order chi connectivity index (χ0) is 10.3. The Labute approximate surface area is 86.0 Å². The zero-order valence-electron chi connectivity index (χ0n) is 7.88. The first-order chi connectivity index (χ1) is 7.36. The van der Waals surface area contributed by atoms with Crippen LogP contribution in [0.2, 0.25) is 0 Å². The minimum Gasteiger partial charge on any atom is -0.506 e. The lowest BCUT2D eigenvalue weighted by Gasteiger charge is -2.03. The molecule has 0 aliphatic carbocycles. The Balaban J connectivity index is 2.64. The van der Waals surface area contributed by atoms with E-state index in [1.807, 2.05) is 24.3 Å². The van der Waals surface area contributed by atoms with Crippen molar-refractivity contribution in [2.24, 2.45) is 0 Å². The van der Waals surface area contributed by atoms with Crippen molar-refractivity contribution >= 4 is 21.8 Å². The molecule has 3 aromatic rings. The van der Waals surface area contributed by atoms with Gasteiger partial charge in [-0.2, -0.15) is 0 Å². The number of fused-ring (bicyclic) bond motifs is 3. The average molecular weight is 196 g/mol. The van der Waals surface area contributed by atoms with Crippen molar-refractivity contribution < 1.29 is 5.11 Å². The van der Waals surface area contributed by atoms with Crippen LogP contribution in [0, 0.1) is 0 Å². The van der Waals surface area contributed by atoms with E-state index in [0.29, 0.717) is 5.52 Å². The minimum atomic E-state index is 0.200. The predicted molar refractivity (Wildman–Crippen MR) is 58.7 cm³/mol. The molecule has 1 N–H and O–H groups in total. The Morgan fingerprint density at radius 2 is 1.67 bits per heavy atom. The van der Waals surface area contributed by atoms with Crippen LogP contribution in [0.4, 0.5) is 0 Å². The van der Waals surface area contributed by atoms with E-state index in [9.17, 15) is 5.11 Å². The Morgan fingerprint density at radius 1 is 0.933 bits per heavy atom. The standard InChI is InChI=1S/C12H8N2O/c15-10-7-8-3-1-5-13-11(8)9-4-2-6-14-12(9)10/h1-7,15H. The topological polar surface area (TPSA) is 46.0 Å². The molecular formula is C12H8N2O. The molecule has 0 atom stereocenters. The van der Waals surface area contributed by atoms with Crippen LogP contribution in [0.3, 0.4) is 0 Å². The Morgan fingerprint density at radius 3 is 2.53 bits per heavy atom. The van der Waals surface area contributed by atoms with Crippen LogP contribution >= 0.6 is 0 Å². The van der Waals surface area contributed by atoms with Crippen molar-refractivity contribution in [3.05, 3.63) is 42.7 Å². The van der Waals surface area contributed by atoms with E-state index in [2.05, 4.69) is 9.97 Å². The molecule has 0 fully saturated rings. The molecule has 0 bridgehead atoms. The summed E-state index contributed by atoms with van der Waals surface area (Å²) in [5.74, 6) is 0.200. The van der Waals surface area contributed by atoms with Crippen molar-refractivity contribution in [1.29, 1.82) is 0 Å². The van der Waals surface area contributed by atoms with E-state index in [1.54, 1.807) is 18.5 Å². The Kier molecular flexibility index (Phi) is 1.59. The van der Waals surface area contributed by atoms with Gasteiger partial charge in [0.05, 0.1) is 5.52 Å². The van der Waals surface area contributed by atoms with Gasteiger partial charge >= 0.3 is 0 Å². The number of phenolic OH excluding ortho intramolecular Hbond substituents is 1. The van der Waals surface area contributed by atoms with Crippen LogP contribution in [0.5, 0.6) is 5.75 Å². The number of rotatable bonds is 0. The molecule has 0 spiro atoms. The number of nitrogens with zero attached hydrogens (tertiary/aromatic N) is 2. The molecule has 3 nitrogen and oxygen atoms in total. The summed E-state index contributed by atoms with van der Waals surface area (Å²) in [6.07, 6.45) is 3.41. The van der Waals surface area contributed by atoms with Gasteiger partial charge in [0.1, 0.15) is 11.3 Å². The van der Waals surface area contributed by atoms with Gasteiger partial charge in [0, 0.05) is 23.2 Å². The molecule has 0 amide bonds. The van der Waals surface area contributed by atoms with Gasteiger partial charge < -0.3 is 5.11 Å². The summed E-state index contributed by atoms with van der Waals surface area (Å²) in [7, 11) is 0. The van der Waals surface area contributed by atoms with E-state index in [0.717, 1.165) is 16.3 Å². The van der Waals surface area contributed by atoms with E-state index >= 15 is 0 Å². The first-order valence-electron chi connectivity index (χ1n) is 4.68. The van der Waals surface area contributed by atoms with E-state index < -0.39 is 0 Å². The summed E-state index contributed by atoms with van der Waals surface area (Å²) < 4.78 is 0. The molecule has 0 saturated heterocycles. The second-order valence-electron chi connectivity index (χ2n) is 3.37. The zero-order valence-corrected chi connectivity index (χ0v) is 7.88. The highest BCUT2D eigenvalue weighted by molar-refractivity contribution is 6.06. The van der Waals surface area contributed by atoms with Crippen molar-refractivity contribution in [3.63, 3.8) is 0 Å². The molecule has 3 heteroatoms.